The summed E-state index contributed by atoms with van der Waals surface area (Å²) in [6.45, 7) is 9.40. The van der Waals surface area contributed by atoms with Crippen molar-refractivity contribution in [3.8, 4) is 0 Å². The van der Waals surface area contributed by atoms with Gasteiger partial charge in [0.1, 0.15) is 0 Å². The lowest BCUT2D eigenvalue weighted by Gasteiger charge is -2.42. The molecule has 3 unspecified atom stereocenters. The largest absolute Gasteiger partial charge is 0.338 e. The summed E-state index contributed by atoms with van der Waals surface area (Å²) in [6.07, 6.45) is 1.94. The van der Waals surface area contributed by atoms with Crippen LogP contribution in [0.1, 0.15) is 40.5 Å². The van der Waals surface area contributed by atoms with Crippen LogP contribution in [0.2, 0.25) is 0 Å². The summed E-state index contributed by atoms with van der Waals surface area (Å²) in [6, 6.07) is 0.0243. The molecular formula is C12H24N2O. The van der Waals surface area contributed by atoms with Crippen molar-refractivity contribution in [2.24, 2.45) is 17.6 Å². The molecule has 0 aromatic carbocycles. The van der Waals surface area contributed by atoms with Crippen molar-refractivity contribution in [3.63, 3.8) is 0 Å². The highest BCUT2D eigenvalue weighted by Gasteiger charge is 2.33. The molecule has 1 aliphatic heterocycles. The van der Waals surface area contributed by atoms with Crippen molar-refractivity contribution in [2.45, 2.75) is 52.6 Å². The maximum Gasteiger partial charge on any atom is 0.239 e. The highest BCUT2D eigenvalue weighted by Crippen LogP contribution is 2.27. The first-order chi connectivity index (χ1) is 6.97. The minimum absolute atomic E-state index is 0.128. The summed E-state index contributed by atoms with van der Waals surface area (Å²) in [5.41, 5.74) is 5.81. The van der Waals surface area contributed by atoms with Crippen LogP contribution in [-0.4, -0.2) is 29.4 Å². The second-order valence-corrected chi connectivity index (χ2v) is 5.06. The maximum absolute atomic E-state index is 12.0. The number of piperidine rings is 1. The molecule has 1 saturated heterocycles. The van der Waals surface area contributed by atoms with Gasteiger partial charge in [0.05, 0.1) is 6.04 Å². The number of hydrogen-bond acceptors (Lipinski definition) is 2. The average Bonchev–Trinajstić information content (AvgIpc) is 2.21. The maximum atomic E-state index is 12.0. The number of rotatable bonds is 2. The molecule has 1 heterocycles. The van der Waals surface area contributed by atoms with Crippen molar-refractivity contribution in [1.82, 2.24) is 4.90 Å². The van der Waals surface area contributed by atoms with Gasteiger partial charge in [-0.3, -0.25) is 4.79 Å². The zero-order chi connectivity index (χ0) is 11.6. The summed E-state index contributed by atoms with van der Waals surface area (Å²) >= 11 is 0. The summed E-state index contributed by atoms with van der Waals surface area (Å²) in [5, 5.41) is 0. The lowest BCUT2D eigenvalue weighted by molar-refractivity contribution is -0.138. The van der Waals surface area contributed by atoms with Crippen LogP contribution in [0.3, 0.4) is 0 Å². The Balaban J connectivity index is 2.70. The van der Waals surface area contributed by atoms with Gasteiger partial charge >= 0.3 is 0 Å². The Bertz CT molecular complexity index is 230. The standard InChI is InChI=1S/C12H24N2O/c1-5-11(13)12(15)14-7-8(2)6-9(3)10(14)4/h8-11H,5-7,13H2,1-4H3/t8?,9?,10?,11-/m1/s1. The quantitative estimate of drug-likeness (QED) is 0.756. The van der Waals surface area contributed by atoms with E-state index in [-0.39, 0.29) is 11.9 Å². The first kappa shape index (κ1) is 12.5. The Hall–Kier alpha value is -0.570. The molecular weight excluding hydrogens is 188 g/mol. The smallest absolute Gasteiger partial charge is 0.239 e. The molecule has 3 nitrogen and oxygen atoms in total. The summed E-state index contributed by atoms with van der Waals surface area (Å²) < 4.78 is 0. The van der Waals surface area contributed by atoms with Crippen molar-refractivity contribution in [3.05, 3.63) is 0 Å². The van der Waals surface area contributed by atoms with Gasteiger partial charge in [-0.15, -0.1) is 0 Å². The van der Waals surface area contributed by atoms with Crippen LogP contribution in [0.4, 0.5) is 0 Å². The lowest BCUT2D eigenvalue weighted by Crippen LogP contribution is -2.53. The van der Waals surface area contributed by atoms with Gasteiger partial charge in [0.15, 0.2) is 0 Å². The molecule has 0 aliphatic carbocycles. The van der Waals surface area contributed by atoms with Gasteiger partial charge < -0.3 is 10.6 Å². The molecule has 1 rings (SSSR count). The van der Waals surface area contributed by atoms with E-state index in [9.17, 15) is 4.79 Å². The fraction of sp³-hybridized carbons (Fsp3) is 0.917. The van der Waals surface area contributed by atoms with E-state index in [0.29, 0.717) is 17.9 Å². The Kier molecular flexibility index (Phi) is 4.14. The summed E-state index contributed by atoms with van der Waals surface area (Å²) in [4.78, 5) is 14.0. The van der Waals surface area contributed by atoms with Gasteiger partial charge in [0.25, 0.3) is 0 Å². The average molecular weight is 212 g/mol. The van der Waals surface area contributed by atoms with Gasteiger partial charge in [0, 0.05) is 12.6 Å². The highest BCUT2D eigenvalue weighted by molar-refractivity contribution is 5.82. The fourth-order valence-electron chi connectivity index (χ4n) is 2.39. The number of amides is 1. The van der Waals surface area contributed by atoms with E-state index in [4.69, 9.17) is 5.73 Å². The van der Waals surface area contributed by atoms with E-state index in [0.717, 1.165) is 13.0 Å². The fourth-order valence-corrected chi connectivity index (χ4v) is 2.39. The molecule has 15 heavy (non-hydrogen) atoms. The third-order valence-corrected chi connectivity index (χ3v) is 3.64. The number of hydrogen-bond donors (Lipinski definition) is 1. The van der Waals surface area contributed by atoms with Crippen LogP contribution in [0.25, 0.3) is 0 Å². The highest BCUT2D eigenvalue weighted by atomic mass is 16.2. The van der Waals surface area contributed by atoms with Crippen molar-refractivity contribution in [1.29, 1.82) is 0 Å². The zero-order valence-electron chi connectivity index (χ0n) is 10.4. The van der Waals surface area contributed by atoms with Crippen molar-refractivity contribution >= 4 is 5.91 Å². The topological polar surface area (TPSA) is 46.3 Å². The molecule has 0 bridgehead atoms. The van der Waals surface area contributed by atoms with E-state index in [1.165, 1.54) is 6.42 Å². The van der Waals surface area contributed by atoms with Crippen LogP contribution in [-0.2, 0) is 4.79 Å². The molecule has 0 saturated carbocycles. The third kappa shape index (κ3) is 2.71. The molecule has 0 aromatic rings. The SMILES string of the molecule is CC[C@@H](N)C(=O)N1CC(C)CC(C)C1C. The minimum atomic E-state index is -0.315. The Morgan fingerprint density at radius 3 is 2.60 bits per heavy atom. The van der Waals surface area contributed by atoms with E-state index >= 15 is 0 Å². The Morgan fingerprint density at radius 2 is 2.07 bits per heavy atom. The molecule has 0 spiro atoms. The van der Waals surface area contributed by atoms with Crippen LogP contribution in [0.5, 0.6) is 0 Å². The summed E-state index contributed by atoms with van der Waals surface area (Å²) in [7, 11) is 0. The first-order valence-electron chi connectivity index (χ1n) is 6.03. The minimum Gasteiger partial charge on any atom is -0.338 e. The van der Waals surface area contributed by atoms with E-state index in [1.54, 1.807) is 0 Å². The van der Waals surface area contributed by atoms with Crippen LogP contribution in [0, 0.1) is 11.8 Å². The number of nitrogens with zero attached hydrogens (tertiary/aromatic N) is 1. The second kappa shape index (κ2) is 4.97. The van der Waals surface area contributed by atoms with Crippen molar-refractivity contribution < 1.29 is 4.79 Å². The third-order valence-electron chi connectivity index (χ3n) is 3.64. The number of carbonyl (C=O) groups is 1. The van der Waals surface area contributed by atoms with Crippen LogP contribution in [0.15, 0.2) is 0 Å². The molecule has 3 heteroatoms. The molecule has 0 aromatic heterocycles. The number of likely N-dealkylation sites (tertiary alicyclic amines) is 1. The molecule has 2 N–H and O–H groups in total. The second-order valence-electron chi connectivity index (χ2n) is 5.06. The van der Waals surface area contributed by atoms with Gasteiger partial charge in [-0.2, -0.15) is 0 Å². The molecule has 4 atom stereocenters. The van der Waals surface area contributed by atoms with Gasteiger partial charge in [-0.1, -0.05) is 20.8 Å². The number of nitrogens with two attached hydrogens (primary N) is 1. The van der Waals surface area contributed by atoms with E-state index in [2.05, 4.69) is 20.8 Å². The predicted octanol–water partition coefficient (Wildman–Crippen LogP) is 1.62. The van der Waals surface area contributed by atoms with Crippen LogP contribution >= 0.6 is 0 Å². The molecule has 88 valence electrons. The molecule has 1 amide bonds. The van der Waals surface area contributed by atoms with Crippen molar-refractivity contribution in [2.75, 3.05) is 6.54 Å². The Morgan fingerprint density at radius 1 is 1.47 bits per heavy atom. The lowest BCUT2D eigenvalue weighted by atomic mass is 9.85. The van der Waals surface area contributed by atoms with Gasteiger partial charge in [0.2, 0.25) is 5.91 Å². The monoisotopic (exact) mass is 212 g/mol. The zero-order valence-corrected chi connectivity index (χ0v) is 10.4. The molecule has 1 fully saturated rings. The first-order valence-corrected chi connectivity index (χ1v) is 6.03. The van der Waals surface area contributed by atoms with E-state index in [1.807, 2.05) is 11.8 Å². The molecule has 1 aliphatic rings. The molecule has 0 radical (unpaired) electrons. The predicted molar refractivity (Wildman–Crippen MR) is 62.4 cm³/mol. The van der Waals surface area contributed by atoms with E-state index < -0.39 is 0 Å². The van der Waals surface area contributed by atoms with Crippen LogP contribution < -0.4 is 5.73 Å². The summed E-state index contributed by atoms with van der Waals surface area (Å²) in [5.74, 6) is 1.31. The van der Waals surface area contributed by atoms with Gasteiger partial charge in [-0.05, 0) is 31.6 Å². The Labute approximate surface area is 93.0 Å². The van der Waals surface area contributed by atoms with Gasteiger partial charge in [-0.25, -0.2) is 0 Å². The number of carbonyl (C=O) groups excluding carboxylic acids is 1. The normalized spacial score (nSPS) is 33.9.